The summed E-state index contributed by atoms with van der Waals surface area (Å²) in [6.45, 7) is 1.41. The van der Waals surface area contributed by atoms with Crippen LogP contribution < -0.4 is 15.5 Å². The fraction of sp³-hybridized carbons (Fsp3) is 0.167. The summed E-state index contributed by atoms with van der Waals surface area (Å²) in [5, 5.41) is 9.38. The average Bonchev–Trinajstić information content (AvgIpc) is 3.31. The van der Waals surface area contributed by atoms with Gasteiger partial charge >= 0.3 is 6.18 Å². The van der Waals surface area contributed by atoms with Crippen molar-refractivity contribution in [2.24, 2.45) is 0 Å². The Morgan fingerprint density at radius 2 is 1.83 bits per heavy atom. The van der Waals surface area contributed by atoms with Gasteiger partial charge in [-0.2, -0.15) is 18.3 Å². The molecular formula is C24H20F3N5O3. The van der Waals surface area contributed by atoms with Gasteiger partial charge in [0.25, 0.3) is 5.91 Å². The fourth-order valence-corrected chi connectivity index (χ4v) is 3.61. The summed E-state index contributed by atoms with van der Waals surface area (Å²) in [4.78, 5) is 37.7. The number of hydrogen-bond acceptors (Lipinski definition) is 4. The zero-order chi connectivity index (χ0) is 25.2. The van der Waals surface area contributed by atoms with Crippen LogP contribution in [-0.2, 0) is 15.8 Å². The number of aromatic nitrogens is 2. The van der Waals surface area contributed by atoms with Crippen LogP contribution in [0.5, 0.6) is 0 Å². The van der Waals surface area contributed by atoms with Gasteiger partial charge in [0.1, 0.15) is 5.82 Å². The molecule has 3 amide bonds. The largest absolute Gasteiger partial charge is 0.416 e. The minimum absolute atomic E-state index is 0.121. The molecule has 0 bridgehead atoms. The van der Waals surface area contributed by atoms with E-state index in [4.69, 9.17) is 0 Å². The maximum atomic E-state index is 13.0. The molecule has 0 unspecified atom stereocenters. The lowest BCUT2D eigenvalue weighted by molar-refractivity contribution is -0.137. The van der Waals surface area contributed by atoms with E-state index in [0.29, 0.717) is 22.8 Å². The Hall–Kier alpha value is -4.41. The minimum Gasteiger partial charge on any atom is -0.347 e. The lowest BCUT2D eigenvalue weighted by Gasteiger charge is -2.27. The molecule has 2 heterocycles. The fourth-order valence-electron chi connectivity index (χ4n) is 3.61. The number of nitrogens with zero attached hydrogens (tertiary/aromatic N) is 3. The Morgan fingerprint density at radius 3 is 2.57 bits per heavy atom. The highest BCUT2D eigenvalue weighted by molar-refractivity contribution is 6.04. The molecule has 1 aliphatic heterocycles. The Balaban J connectivity index is 1.54. The zero-order valence-corrected chi connectivity index (χ0v) is 18.5. The van der Waals surface area contributed by atoms with Crippen LogP contribution in [0.25, 0.3) is 5.70 Å². The molecule has 2 aromatic carbocycles. The van der Waals surface area contributed by atoms with Crippen LogP contribution in [0.1, 0.15) is 28.4 Å². The number of halogens is 3. The first-order valence-electron chi connectivity index (χ1n) is 10.5. The molecule has 0 aliphatic carbocycles. The predicted molar refractivity (Wildman–Crippen MR) is 122 cm³/mol. The van der Waals surface area contributed by atoms with Gasteiger partial charge in [-0.05, 0) is 36.4 Å². The number of hydrogen-bond donors (Lipinski definition) is 2. The summed E-state index contributed by atoms with van der Waals surface area (Å²) in [5.41, 5.74) is 0.679. The Morgan fingerprint density at radius 1 is 1.06 bits per heavy atom. The van der Waals surface area contributed by atoms with E-state index in [-0.39, 0.29) is 30.5 Å². The molecular weight excluding hydrogens is 463 g/mol. The molecule has 1 aromatic heterocycles. The molecule has 11 heteroatoms. The number of alkyl halides is 3. The number of amides is 3. The molecule has 3 aromatic rings. The molecule has 1 aliphatic rings. The molecule has 0 fully saturated rings. The number of rotatable bonds is 5. The average molecular weight is 483 g/mol. The number of carbonyl (C=O) groups is 3. The van der Waals surface area contributed by atoms with E-state index >= 15 is 0 Å². The highest BCUT2D eigenvalue weighted by atomic mass is 19.4. The Bertz CT molecular complexity index is 1330. The number of carbonyl (C=O) groups excluding carboxylic acids is 3. The highest BCUT2D eigenvalue weighted by Gasteiger charge is 2.31. The van der Waals surface area contributed by atoms with Crippen molar-refractivity contribution in [3.05, 3.63) is 83.6 Å². The van der Waals surface area contributed by atoms with Crippen LogP contribution in [0.3, 0.4) is 0 Å². The van der Waals surface area contributed by atoms with Gasteiger partial charge in [-0.3, -0.25) is 19.3 Å². The van der Waals surface area contributed by atoms with E-state index in [0.717, 1.165) is 12.1 Å². The minimum atomic E-state index is -4.55. The van der Waals surface area contributed by atoms with Gasteiger partial charge < -0.3 is 10.6 Å². The van der Waals surface area contributed by atoms with Crippen LogP contribution in [-0.4, -0.2) is 40.6 Å². The number of benzene rings is 2. The second-order valence-corrected chi connectivity index (χ2v) is 7.72. The van der Waals surface area contributed by atoms with Crippen LogP contribution in [0.4, 0.5) is 24.7 Å². The number of anilines is 2. The third-order valence-electron chi connectivity index (χ3n) is 5.25. The molecule has 0 saturated heterocycles. The van der Waals surface area contributed by atoms with Gasteiger partial charge in [0.05, 0.1) is 24.0 Å². The van der Waals surface area contributed by atoms with Gasteiger partial charge in [-0.25, -0.2) is 4.68 Å². The van der Waals surface area contributed by atoms with E-state index in [1.54, 1.807) is 41.1 Å². The molecule has 180 valence electrons. The second kappa shape index (κ2) is 9.45. The van der Waals surface area contributed by atoms with Gasteiger partial charge in [-0.1, -0.05) is 18.2 Å². The van der Waals surface area contributed by atoms with E-state index < -0.39 is 17.6 Å². The molecule has 0 radical (unpaired) electrons. The first-order valence-corrected chi connectivity index (χ1v) is 10.5. The van der Waals surface area contributed by atoms with Crippen molar-refractivity contribution < 1.29 is 27.6 Å². The molecule has 0 spiro atoms. The van der Waals surface area contributed by atoms with E-state index in [9.17, 15) is 27.6 Å². The monoisotopic (exact) mass is 483 g/mol. The SMILES string of the molecule is CC(=O)NCC(=O)N1CC=C(c2cccc(NC(=O)c3cccc(C(F)(F)F)c3)c2)n2nccc21. The van der Waals surface area contributed by atoms with Gasteiger partial charge in [0.15, 0.2) is 0 Å². The second-order valence-electron chi connectivity index (χ2n) is 7.72. The molecule has 2 N–H and O–H groups in total. The quantitative estimate of drug-likeness (QED) is 0.581. The lowest BCUT2D eigenvalue weighted by atomic mass is 10.1. The van der Waals surface area contributed by atoms with Crippen molar-refractivity contribution in [3.63, 3.8) is 0 Å². The van der Waals surface area contributed by atoms with Crippen molar-refractivity contribution in [3.8, 4) is 0 Å². The summed E-state index contributed by atoms with van der Waals surface area (Å²) in [6, 6.07) is 12.6. The third kappa shape index (κ3) is 5.24. The van der Waals surface area contributed by atoms with E-state index in [2.05, 4.69) is 15.7 Å². The standard InChI is InChI=1S/C24H20F3N5O3/c1-15(33)28-14-22(34)31-11-9-20(32-21(31)8-10-29-32)16-4-3-7-19(13-16)30-23(35)17-5-2-6-18(12-17)24(25,26)27/h2-10,12-13H,11,14H2,1H3,(H,28,33)(H,30,35). The lowest BCUT2D eigenvalue weighted by Crippen LogP contribution is -2.42. The van der Waals surface area contributed by atoms with E-state index in [1.165, 1.54) is 30.2 Å². The Labute approximate surface area is 198 Å². The molecule has 0 saturated carbocycles. The van der Waals surface area contributed by atoms with Crippen molar-refractivity contribution in [2.45, 2.75) is 13.1 Å². The van der Waals surface area contributed by atoms with Gasteiger partial charge in [0.2, 0.25) is 11.8 Å². The Kier molecular flexibility index (Phi) is 6.41. The van der Waals surface area contributed by atoms with Crippen LogP contribution in [0, 0.1) is 0 Å². The maximum absolute atomic E-state index is 13.0. The van der Waals surface area contributed by atoms with Crippen LogP contribution >= 0.6 is 0 Å². The number of fused-ring (bicyclic) bond motifs is 1. The first kappa shape index (κ1) is 23.7. The summed E-state index contributed by atoms with van der Waals surface area (Å²) in [7, 11) is 0. The smallest absolute Gasteiger partial charge is 0.347 e. The topological polar surface area (TPSA) is 96.3 Å². The van der Waals surface area contributed by atoms with Crippen molar-refractivity contribution >= 4 is 34.9 Å². The van der Waals surface area contributed by atoms with Crippen molar-refractivity contribution in [1.29, 1.82) is 0 Å². The predicted octanol–water partition coefficient (Wildman–Crippen LogP) is 3.53. The molecule has 8 nitrogen and oxygen atoms in total. The molecule has 0 atom stereocenters. The maximum Gasteiger partial charge on any atom is 0.416 e. The summed E-state index contributed by atoms with van der Waals surface area (Å²) in [5.74, 6) is -0.792. The highest BCUT2D eigenvalue weighted by Crippen LogP contribution is 2.31. The zero-order valence-electron chi connectivity index (χ0n) is 18.5. The van der Waals surface area contributed by atoms with Gasteiger partial charge in [0, 0.05) is 36.3 Å². The van der Waals surface area contributed by atoms with Crippen molar-refractivity contribution in [1.82, 2.24) is 15.1 Å². The van der Waals surface area contributed by atoms with Gasteiger partial charge in [-0.15, -0.1) is 0 Å². The summed E-state index contributed by atoms with van der Waals surface area (Å²) in [6.07, 6.45) is -1.24. The number of nitrogens with one attached hydrogen (secondary N) is 2. The normalized spacial score (nSPS) is 13.0. The van der Waals surface area contributed by atoms with Crippen molar-refractivity contribution in [2.75, 3.05) is 23.3 Å². The first-order chi connectivity index (χ1) is 16.6. The molecule has 4 rings (SSSR count). The van der Waals surface area contributed by atoms with Crippen LogP contribution in [0.2, 0.25) is 0 Å². The van der Waals surface area contributed by atoms with E-state index in [1.807, 2.05) is 0 Å². The third-order valence-corrected chi connectivity index (χ3v) is 5.25. The summed E-state index contributed by atoms with van der Waals surface area (Å²) >= 11 is 0. The van der Waals surface area contributed by atoms with Crippen LogP contribution in [0.15, 0.2) is 66.9 Å². The molecule has 35 heavy (non-hydrogen) atoms. The summed E-state index contributed by atoms with van der Waals surface area (Å²) < 4.78 is 40.5.